The third-order valence-electron chi connectivity index (χ3n) is 9.20. The first-order valence-electron chi connectivity index (χ1n) is 16.6. The quantitative estimate of drug-likeness (QED) is 0.107. The predicted octanol–water partition coefficient (Wildman–Crippen LogP) is -4.80. The number of nitrogens with one attached hydrogen (secondary N) is 2. The zero-order chi connectivity index (χ0) is 42.5. The van der Waals surface area contributed by atoms with Crippen molar-refractivity contribution in [2.75, 3.05) is 0 Å². The van der Waals surface area contributed by atoms with Crippen LogP contribution in [0.2, 0.25) is 0 Å². The van der Waals surface area contributed by atoms with Gasteiger partial charge in [0, 0.05) is 85.3 Å². The van der Waals surface area contributed by atoms with Gasteiger partial charge in [-0.05, 0) is 72.8 Å². The molecule has 0 amide bonds. The molecule has 7 aromatic heterocycles. The van der Waals surface area contributed by atoms with Gasteiger partial charge in [0.2, 0.25) is 0 Å². The molecule has 0 aliphatic carbocycles. The van der Waals surface area contributed by atoms with E-state index in [0.717, 1.165) is 45.3 Å². The summed E-state index contributed by atoms with van der Waals surface area (Å²) in [4.78, 5) is 15.7. The second-order valence-corrected chi connectivity index (χ2v) is 22.1. The van der Waals surface area contributed by atoms with Gasteiger partial charge in [0.25, 0.3) is 0 Å². The van der Waals surface area contributed by atoms with E-state index >= 15 is 0 Å². The molecular weight excluding hydrogens is 1030 g/mol. The summed E-state index contributed by atoms with van der Waals surface area (Å²) in [6, 6.07) is 11.4. The van der Waals surface area contributed by atoms with E-state index in [4.69, 9.17) is 9.97 Å². The molecule has 64 heavy (non-hydrogen) atoms. The summed E-state index contributed by atoms with van der Waals surface area (Å²) in [6.07, 6.45) is 6.46. The Morgan fingerprint density at radius 3 is 0.750 bits per heavy atom. The van der Waals surface area contributed by atoms with Crippen molar-refractivity contribution in [3.63, 3.8) is 0 Å². The molecule has 2 aliphatic heterocycles. The van der Waals surface area contributed by atoms with E-state index in [0.29, 0.717) is 63.8 Å². The molecular formula is C36H18N4Na4O12S8. The molecule has 0 atom stereocenters. The third-order valence-corrected chi connectivity index (χ3v) is 16.8. The van der Waals surface area contributed by atoms with Crippen LogP contribution in [0.4, 0.5) is 0 Å². The van der Waals surface area contributed by atoms with Gasteiger partial charge in [0.15, 0.2) is 0 Å². The monoisotopic (exact) mass is 1050 g/mol. The Labute approximate surface area is 469 Å². The Bertz CT molecular complexity index is 3230. The van der Waals surface area contributed by atoms with Gasteiger partial charge in [-0.2, -0.15) is 0 Å². The second-order valence-electron chi connectivity index (χ2n) is 12.9. The van der Waals surface area contributed by atoms with Gasteiger partial charge < -0.3 is 28.2 Å². The summed E-state index contributed by atoms with van der Waals surface area (Å²) in [5.74, 6) is 0. The van der Waals surface area contributed by atoms with Gasteiger partial charge in [0.1, 0.15) is 40.5 Å². The molecule has 0 saturated heterocycles. The molecule has 0 unspecified atom stereocenters. The van der Waals surface area contributed by atoms with Crippen molar-refractivity contribution in [1.29, 1.82) is 0 Å². The molecule has 16 nitrogen and oxygen atoms in total. The van der Waals surface area contributed by atoms with Gasteiger partial charge in [0.05, 0.1) is 42.4 Å². The predicted molar refractivity (Wildman–Crippen MR) is 224 cm³/mol. The number of nitrogens with zero attached hydrogens (tertiary/aromatic N) is 2. The Kier molecular flexibility index (Phi) is 17.0. The fourth-order valence-electron chi connectivity index (χ4n) is 6.57. The van der Waals surface area contributed by atoms with Crippen molar-refractivity contribution in [3.8, 4) is 41.8 Å². The second kappa shape index (κ2) is 20.2. The fraction of sp³-hybridized carbons (Fsp3) is 0. The van der Waals surface area contributed by atoms with Crippen LogP contribution in [0.25, 0.3) is 88.1 Å². The SMILES string of the molecule is O=S(=O)([O-])c1csc(-c2c3nc(c(-c4cc(S(=O)(=O)[O-])cs4)c4ccc([nH]4)c(-c4cc(S(=O)(=O)[O-])cs4)c4nc(c(-c5cc(S(=O)(=O)[O-])cs5)c5ccc2[nH]5)C=C4)C=C3)c1.[Na+].[Na+].[Na+].[Na+]. The summed E-state index contributed by atoms with van der Waals surface area (Å²) in [5.41, 5.74) is 3.82. The molecule has 0 aromatic carbocycles. The van der Waals surface area contributed by atoms with Gasteiger partial charge in [-0.1, -0.05) is 0 Å². The summed E-state index contributed by atoms with van der Waals surface area (Å²) < 4.78 is 145. The number of H-pyrrole nitrogens is 2. The van der Waals surface area contributed by atoms with Crippen molar-refractivity contribution in [1.82, 2.24) is 19.9 Å². The first-order chi connectivity index (χ1) is 28.2. The van der Waals surface area contributed by atoms with E-state index in [-0.39, 0.29) is 141 Å². The largest absolute Gasteiger partial charge is 1.00 e. The van der Waals surface area contributed by atoms with Crippen LogP contribution in [0.5, 0.6) is 0 Å². The van der Waals surface area contributed by atoms with Crippen LogP contribution < -0.4 is 118 Å². The number of aromatic nitrogens is 4. The average Bonchev–Trinajstić information content (AvgIpc) is 3.98. The van der Waals surface area contributed by atoms with E-state index < -0.39 is 60.1 Å². The Morgan fingerprint density at radius 1 is 0.375 bits per heavy atom. The van der Waals surface area contributed by atoms with Crippen molar-refractivity contribution in [2.45, 2.75) is 19.6 Å². The van der Waals surface area contributed by atoms with Gasteiger partial charge in [-0.3, -0.25) is 0 Å². The van der Waals surface area contributed by atoms with Gasteiger partial charge in [-0.15, -0.1) is 45.3 Å². The zero-order valence-electron chi connectivity index (χ0n) is 33.3. The maximum atomic E-state index is 12.1. The molecule has 0 spiro atoms. The van der Waals surface area contributed by atoms with Crippen LogP contribution in [0.3, 0.4) is 0 Å². The standard InChI is InChI=1S/C36H22N4O12S8.4Na/c41-57(42,43)17-9-29(53-13-17)33-21-1-2-22(37-21)34(30-10-18(14-54-30)58(44,45)46)24-5-6-26(39-24)36(32-12-20(16-56-32)60(50,51)52)28-8-7-27(40-28)35(25-4-3-23(33)38-25)31-11-19(15-55-31)59(47,48)49;;;;/h1-16,37,40H,(H,41,42,43)(H,44,45,46)(H,47,48,49)(H,50,51,52);;;;/q;4*+1/p-4. The third kappa shape index (κ3) is 10.8. The fourth-order valence-corrected chi connectivity index (χ4v) is 13.7. The molecule has 0 saturated carbocycles. The van der Waals surface area contributed by atoms with Gasteiger partial charge in [-0.25, -0.2) is 43.6 Å². The first-order valence-corrected chi connectivity index (χ1v) is 25.7. The van der Waals surface area contributed by atoms with Crippen molar-refractivity contribution >= 4 is 132 Å². The smallest absolute Gasteiger partial charge is 0.744 e. The van der Waals surface area contributed by atoms with E-state index in [1.165, 1.54) is 45.8 Å². The first kappa shape index (κ1) is 54.0. The molecule has 2 N–H and O–H groups in total. The topological polar surface area (TPSA) is 286 Å². The molecule has 0 radical (unpaired) electrons. The normalized spacial score (nSPS) is 12.6. The van der Waals surface area contributed by atoms with E-state index in [1.54, 1.807) is 48.6 Å². The Balaban J connectivity index is 0.00000193. The number of thiophene rings is 4. The van der Waals surface area contributed by atoms with Crippen LogP contribution in [0, 0.1) is 0 Å². The molecule has 0 fully saturated rings. The molecule has 7 aromatic rings. The molecule has 306 valence electrons. The van der Waals surface area contributed by atoms with Crippen molar-refractivity contribution in [2.24, 2.45) is 0 Å². The minimum Gasteiger partial charge on any atom is -0.744 e. The molecule has 9 rings (SSSR count). The maximum Gasteiger partial charge on any atom is 1.00 e. The minimum absolute atomic E-state index is 0. The molecule has 9 heterocycles. The van der Waals surface area contributed by atoms with E-state index in [1.807, 2.05) is 0 Å². The molecule has 28 heteroatoms. The van der Waals surface area contributed by atoms with Gasteiger partial charge >= 0.3 is 118 Å². The maximum absolute atomic E-state index is 12.1. The number of hydrogen-bond donors (Lipinski definition) is 2. The summed E-state index contributed by atoms with van der Waals surface area (Å²) in [6.45, 7) is 0. The summed E-state index contributed by atoms with van der Waals surface area (Å²) >= 11 is 3.82. The van der Waals surface area contributed by atoms with E-state index in [9.17, 15) is 51.9 Å². The number of aromatic amines is 2. The van der Waals surface area contributed by atoms with Crippen LogP contribution in [0.15, 0.2) is 89.6 Å². The van der Waals surface area contributed by atoms with Crippen molar-refractivity contribution < 1.29 is 170 Å². The number of fused-ring (bicyclic) bond motifs is 8. The molecule has 2 aliphatic rings. The average molecular weight is 1050 g/mol. The molecule has 8 bridgehead atoms. The summed E-state index contributed by atoms with van der Waals surface area (Å²) in [7, 11) is -19.5. The van der Waals surface area contributed by atoms with Crippen LogP contribution in [-0.2, 0) is 40.5 Å². The van der Waals surface area contributed by atoms with Crippen LogP contribution in [-0.4, -0.2) is 71.8 Å². The van der Waals surface area contributed by atoms with Crippen molar-refractivity contribution in [3.05, 3.63) is 92.8 Å². The number of rotatable bonds is 8. The van der Waals surface area contributed by atoms with Crippen LogP contribution >= 0.6 is 45.3 Å². The number of hydrogen-bond acceptors (Lipinski definition) is 18. The zero-order valence-corrected chi connectivity index (χ0v) is 47.8. The summed E-state index contributed by atoms with van der Waals surface area (Å²) in [5, 5.41) is 4.75. The van der Waals surface area contributed by atoms with E-state index in [2.05, 4.69) is 9.97 Å². The van der Waals surface area contributed by atoms with Crippen LogP contribution in [0.1, 0.15) is 22.8 Å². The minimum atomic E-state index is -4.87. The Hall–Kier alpha value is -0.960. The Morgan fingerprint density at radius 2 is 0.578 bits per heavy atom.